The molecule has 2 aromatic rings. The van der Waals surface area contributed by atoms with Crippen molar-refractivity contribution in [1.29, 1.82) is 0 Å². The molecule has 7 heteroatoms. The van der Waals surface area contributed by atoms with E-state index < -0.39 is 6.04 Å². The molecule has 1 heterocycles. The fraction of sp³-hybridized carbons (Fsp3) is 0.0667. The van der Waals surface area contributed by atoms with Gasteiger partial charge in [0.15, 0.2) is 0 Å². The Morgan fingerprint density at radius 3 is 2.86 bits per heavy atom. The van der Waals surface area contributed by atoms with E-state index in [1.165, 1.54) is 18.3 Å². The molecule has 112 valence electrons. The Morgan fingerprint density at radius 2 is 2.05 bits per heavy atom. The maximum absolute atomic E-state index is 11.9. The van der Waals surface area contributed by atoms with Crippen LogP contribution < -0.4 is 10.7 Å². The van der Waals surface area contributed by atoms with Crippen molar-refractivity contribution in [1.82, 2.24) is 5.43 Å². The van der Waals surface area contributed by atoms with E-state index in [-0.39, 0.29) is 16.7 Å². The number of carbonyl (C=O) groups excluding carboxylic acids is 1. The summed E-state index contributed by atoms with van der Waals surface area (Å²) in [6.45, 7) is 0. The Morgan fingerprint density at radius 1 is 1.27 bits per heavy atom. The van der Waals surface area contributed by atoms with E-state index in [1.54, 1.807) is 0 Å². The van der Waals surface area contributed by atoms with E-state index in [0.717, 1.165) is 11.3 Å². The minimum Gasteiger partial charge on any atom is -0.506 e. The lowest BCUT2D eigenvalue weighted by atomic mass is 10.1. The van der Waals surface area contributed by atoms with Crippen LogP contribution >= 0.6 is 23.2 Å². The zero-order valence-electron chi connectivity index (χ0n) is 11.2. The van der Waals surface area contributed by atoms with Crippen molar-refractivity contribution in [2.24, 2.45) is 5.10 Å². The monoisotopic (exact) mass is 335 g/mol. The van der Waals surface area contributed by atoms with Gasteiger partial charge in [0, 0.05) is 21.8 Å². The van der Waals surface area contributed by atoms with Crippen LogP contribution in [-0.4, -0.2) is 17.2 Å². The van der Waals surface area contributed by atoms with Gasteiger partial charge < -0.3 is 10.4 Å². The van der Waals surface area contributed by atoms with Gasteiger partial charge in [-0.2, -0.15) is 5.10 Å². The number of rotatable bonds is 3. The van der Waals surface area contributed by atoms with Gasteiger partial charge in [-0.15, -0.1) is 0 Å². The fourth-order valence-corrected chi connectivity index (χ4v) is 2.71. The normalized spacial score (nSPS) is 16.6. The van der Waals surface area contributed by atoms with E-state index in [4.69, 9.17) is 23.2 Å². The molecule has 0 spiro atoms. The number of amides is 1. The second-order valence-electron chi connectivity index (χ2n) is 4.72. The molecule has 3 rings (SSSR count). The highest BCUT2D eigenvalue weighted by molar-refractivity contribution is 6.36. The van der Waals surface area contributed by atoms with Crippen molar-refractivity contribution in [2.45, 2.75) is 6.04 Å². The van der Waals surface area contributed by atoms with Crippen LogP contribution in [0.3, 0.4) is 0 Å². The van der Waals surface area contributed by atoms with Crippen molar-refractivity contribution >= 4 is 41.0 Å². The molecule has 22 heavy (non-hydrogen) atoms. The predicted molar refractivity (Wildman–Crippen MR) is 86.7 cm³/mol. The largest absolute Gasteiger partial charge is 0.506 e. The first-order chi connectivity index (χ1) is 10.6. The van der Waals surface area contributed by atoms with Crippen LogP contribution in [0.1, 0.15) is 17.2 Å². The fourth-order valence-electron chi connectivity index (χ4n) is 2.20. The molecule has 1 atom stereocenters. The molecular formula is C15H11Cl2N3O2. The first-order valence-corrected chi connectivity index (χ1v) is 7.18. The van der Waals surface area contributed by atoms with Crippen LogP contribution in [0, 0.1) is 0 Å². The summed E-state index contributed by atoms with van der Waals surface area (Å²) in [5.41, 5.74) is 4.70. The molecule has 0 radical (unpaired) electrons. The van der Waals surface area contributed by atoms with Gasteiger partial charge >= 0.3 is 0 Å². The van der Waals surface area contributed by atoms with Gasteiger partial charge in [0.25, 0.3) is 5.91 Å². The summed E-state index contributed by atoms with van der Waals surface area (Å²) in [7, 11) is 0. The molecule has 3 N–H and O–H groups in total. The number of aromatic hydroxyl groups is 1. The van der Waals surface area contributed by atoms with E-state index in [9.17, 15) is 9.90 Å². The Hall–Kier alpha value is -2.24. The number of anilines is 1. The van der Waals surface area contributed by atoms with Gasteiger partial charge in [0.2, 0.25) is 0 Å². The molecule has 0 saturated carbocycles. The molecule has 2 aromatic carbocycles. The number of hydrogen-bond acceptors (Lipinski definition) is 4. The van der Waals surface area contributed by atoms with Crippen molar-refractivity contribution in [3.05, 3.63) is 57.6 Å². The molecule has 1 unspecified atom stereocenters. The first-order valence-electron chi connectivity index (χ1n) is 6.42. The number of phenols is 1. The number of carbonyl (C=O) groups is 1. The number of phenolic OH excluding ortho intramolecular Hbond substituents is 1. The van der Waals surface area contributed by atoms with Crippen molar-refractivity contribution in [3.63, 3.8) is 0 Å². The number of benzene rings is 2. The van der Waals surface area contributed by atoms with Gasteiger partial charge in [-0.3, -0.25) is 10.2 Å². The summed E-state index contributed by atoms with van der Waals surface area (Å²) in [6, 6.07) is 9.73. The van der Waals surface area contributed by atoms with Crippen LogP contribution in [0.4, 0.5) is 5.69 Å². The summed E-state index contributed by atoms with van der Waals surface area (Å²) in [5, 5.41) is 17.1. The van der Waals surface area contributed by atoms with E-state index in [0.29, 0.717) is 10.6 Å². The van der Waals surface area contributed by atoms with Crippen LogP contribution in [0.2, 0.25) is 10.0 Å². The number of hydrogen-bond donors (Lipinski definition) is 3. The van der Waals surface area contributed by atoms with Crippen molar-refractivity contribution in [3.8, 4) is 5.75 Å². The summed E-state index contributed by atoms with van der Waals surface area (Å²) in [5.74, 6) is -0.306. The molecule has 1 amide bonds. The highest BCUT2D eigenvalue weighted by atomic mass is 35.5. The number of fused-ring (bicyclic) bond motifs is 1. The van der Waals surface area contributed by atoms with E-state index in [1.807, 2.05) is 24.3 Å². The third kappa shape index (κ3) is 2.73. The van der Waals surface area contributed by atoms with Crippen LogP contribution in [0.5, 0.6) is 5.75 Å². The average molecular weight is 336 g/mol. The quantitative estimate of drug-likeness (QED) is 0.595. The topological polar surface area (TPSA) is 73.7 Å². The third-order valence-electron chi connectivity index (χ3n) is 3.26. The minimum absolute atomic E-state index is 0.118. The molecule has 0 aromatic heterocycles. The van der Waals surface area contributed by atoms with Crippen molar-refractivity contribution < 1.29 is 9.90 Å². The summed E-state index contributed by atoms with van der Waals surface area (Å²) in [4.78, 5) is 11.9. The number of para-hydroxylation sites is 1. The lowest BCUT2D eigenvalue weighted by Crippen LogP contribution is -2.23. The number of hydrazone groups is 1. The van der Waals surface area contributed by atoms with E-state index in [2.05, 4.69) is 15.8 Å². The van der Waals surface area contributed by atoms with Crippen LogP contribution in [0.15, 0.2) is 41.5 Å². The molecule has 0 saturated heterocycles. The Balaban J connectivity index is 1.80. The molecular weight excluding hydrogens is 325 g/mol. The Kier molecular flexibility index (Phi) is 3.92. The second kappa shape index (κ2) is 5.87. The second-order valence-corrected chi connectivity index (χ2v) is 5.57. The summed E-state index contributed by atoms with van der Waals surface area (Å²) in [6.07, 6.45) is 1.36. The van der Waals surface area contributed by atoms with Gasteiger partial charge in [-0.25, -0.2) is 0 Å². The number of nitrogens with zero attached hydrogens (tertiary/aromatic N) is 1. The lowest BCUT2D eigenvalue weighted by molar-refractivity contribution is -0.117. The molecule has 0 bridgehead atoms. The average Bonchev–Trinajstić information content (AvgIpc) is 2.80. The summed E-state index contributed by atoms with van der Waals surface area (Å²) < 4.78 is 0. The van der Waals surface area contributed by atoms with Gasteiger partial charge in [0.05, 0.1) is 11.2 Å². The highest BCUT2D eigenvalue weighted by Crippen LogP contribution is 2.31. The van der Waals surface area contributed by atoms with Gasteiger partial charge in [-0.05, 0) is 18.2 Å². The van der Waals surface area contributed by atoms with E-state index >= 15 is 0 Å². The smallest absolute Gasteiger partial charge is 0.253 e. The highest BCUT2D eigenvalue weighted by Gasteiger charge is 2.29. The number of halogens is 2. The summed E-state index contributed by atoms with van der Waals surface area (Å²) >= 11 is 11.7. The van der Waals surface area contributed by atoms with Crippen LogP contribution in [0.25, 0.3) is 0 Å². The van der Waals surface area contributed by atoms with Gasteiger partial charge in [-0.1, -0.05) is 41.4 Å². The Labute approximate surface area is 136 Å². The number of nitrogens with one attached hydrogen (secondary N) is 2. The van der Waals surface area contributed by atoms with Crippen LogP contribution in [-0.2, 0) is 4.79 Å². The SMILES string of the molecule is O=C1Nc2ccccc2C1NN=Cc1cc(Cl)cc(Cl)c1O. The first kappa shape index (κ1) is 14.7. The molecule has 1 aliphatic heterocycles. The Bertz CT molecular complexity index is 777. The van der Waals surface area contributed by atoms with Crippen molar-refractivity contribution in [2.75, 3.05) is 5.32 Å². The lowest BCUT2D eigenvalue weighted by Gasteiger charge is -2.08. The zero-order valence-corrected chi connectivity index (χ0v) is 12.7. The minimum atomic E-state index is -0.579. The molecule has 0 aliphatic carbocycles. The third-order valence-corrected chi connectivity index (χ3v) is 3.76. The predicted octanol–water partition coefficient (Wildman–Crippen LogP) is 3.32. The molecule has 5 nitrogen and oxygen atoms in total. The molecule has 1 aliphatic rings. The zero-order chi connectivity index (χ0) is 15.7. The van der Waals surface area contributed by atoms with Gasteiger partial charge in [0.1, 0.15) is 11.8 Å². The molecule has 0 fully saturated rings. The maximum Gasteiger partial charge on any atom is 0.253 e. The maximum atomic E-state index is 11.9. The standard InChI is InChI=1S/C15H11Cl2N3O2/c16-9-5-8(14(21)11(17)6-9)7-18-20-13-10-3-1-2-4-12(10)19-15(13)22/h1-7,13,20-21H,(H,19,22).